The Morgan fingerprint density at radius 3 is 2.24 bits per heavy atom. The van der Waals surface area contributed by atoms with Crippen LogP contribution in [0.1, 0.15) is 49.2 Å². The second-order valence-electron chi connectivity index (χ2n) is 7.03. The molecule has 2 aromatic carbocycles. The van der Waals surface area contributed by atoms with Crippen molar-refractivity contribution in [2.45, 2.75) is 34.1 Å². The Morgan fingerprint density at radius 2 is 1.68 bits per heavy atom. The Labute approximate surface area is 152 Å². The number of benzene rings is 2. The van der Waals surface area contributed by atoms with Crippen LogP contribution in [0.3, 0.4) is 0 Å². The van der Waals surface area contributed by atoms with Crippen LogP contribution < -0.4 is 0 Å². The van der Waals surface area contributed by atoms with Crippen molar-refractivity contribution in [3.63, 3.8) is 0 Å². The largest absolute Gasteiger partial charge is 0.334 e. The number of hydrogen-bond acceptors (Lipinski definition) is 1. The molecular weight excluding hydrogens is 306 g/mol. The van der Waals surface area contributed by atoms with Crippen LogP contribution in [0.15, 0.2) is 60.2 Å². The molecule has 0 saturated carbocycles. The van der Waals surface area contributed by atoms with Gasteiger partial charge in [-0.1, -0.05) is 74.9 Å². The van der Waals surface area contributed by atoms with Crippen molar-refractivity contribution in [1.29, 1.82) is 0 Å². The molecule has 0 spiro atoms. The summed E-state index contributed by atoms with van der Waals surface area (Å²) in [6.45, 7) is 9.93. The normalized spacial score (nSPS) is 11.6. The van der Waals surface area contributed by atoms with Crippen molar-refractivity contribution in [2.75, 3.05) is 13.1 Å². The van der Waals surface area contributed by atoms with E-state index in [0.717, 1.165) is 18.5 Å². The summed E-state index contributed by atoms with van der Waals surface area (Å²) < 4.78 is 0. The second-order valence-corrected chi connectivity index (χ2v) is 7.03. The van der Waals surface area contributed by atoms with E-state index < -0.39 is 0 Å². The molecule has 2 aromatic rings. The minimum absolute atomic E-state index is 0.108. The SMILES string of the molecule is CCc1ccc(C(=O)N(C/C(C)=C/c2ccccc2)CC(C)C)cc1. The quantitative estimate of drug-likeness (QED) is 0.659. The number of aryl methyl sites for hydroxylation is 1. The molecule has 0 aliphatic rings. The number of carbonyl (C=O) groups excluding carboxylic acids is 1. The van der Waals surface area contributed by atoms with Crippen LogP contribution in [0.4, 0.5) is 0 Å². The molecule has 0 saturated heterocycles. The van der Waals surface area contributed by atoms with Crippen LogP contribution in [-0.4, -0.2) is 23.9 Å². The molecule has 132 valence electrons. The lowest BCUT2D eigenvalue weighted by atomic mass is 10.1. The summed E-state index contributed by atoms with van der Waals surface area (Å²) in [6, 6.07) is 18.2. The maximum absolute atomic E-state index is 13.0. The zero-order valence-electron chi connectivity index (χ0n) is 15.8. The first-order valence-corrected chi connectivity index (χ1v) is 9.10. The maximum atomic E-state index is 13.0. The molecule has 2 rings (SSSR count). The van der Waals surface area contributed by atoms with Gasteiger partial charge in [-0.25, -0.2) is 0 Å². The van der Waals surface area contributed by atoms with E-state index in [1.54, 1.807) is 0 Å². The molecule has 2 nitrogen and oxygen atoms in total. The molecule has 0 radical (unpaired) electrons. The summed E-state index contributed by atoms with van der Waals surface area (Å²) in [7, 11) is 0. The van der Waals surface area contributed by atoms with E-state index in [1.165, 1.54) is 16.7 Å². The zero-order chi connectivity index (χ0) is 18.2. The topological polar surface area (TPSA) is 20.3 Å². The molecule has 0 aromatic heterocycles. The Balaban J connectivity index is 2.16. The summed E-state index contributed by atoms with van der Waals surface area (Å²) in [5.41, 5.74) is 4.38. The van der Waals surface area contributed by atoms with Crippen LogP contribution in [0.2, 0.25) is 0 Å². The van der Waals surface area contributed by atoms with Crippen molar-refractivity contribution in [1.82, 2.24) is 4.90 Å². The smallest absolute Gasteiger partial charge is 0.254 e. The highest BCUT2D eigenvalue weighted by molar-refractivity contribution is 5.94. The molecule has 0 N–H and O–H groups in total. The molecule has 0 atom stereocenters. The Bertz CT molecular complexity index is 699. The fourth-order valence-corrected chi connectivity index (χ4v) is 2.91. The fourth-order valence-electron chi connectivity index (χ4n) is 2.91. The molecule has 0 fully saturated rings. The van der Waals surface area contributed by atoms with Gasteiger partial charge >= 0.3 is 0 Å². The number of amides is 1. The summed E-state index contributed by atoms with van der Waals surface area (Å²) in [5, 5.41) is 0. The van der Waals surface area contributed by atoms with Crippen molar-refractivity contribution >= 4 is 12.0 Å². The van der Waals surface area contributed by atoms with Gasteiger partial charge in [-0.15, -0.1) is 0 Å². The average Bonchev–Trinajstić information content (AvgIpc) is 2.61. The number of nitrogens with zero attached hydrogens (tertiary/aromatic N) is 1. The first-order chi connectivity index (χ1) is 12.0. The highest BCUT2D eigenvalue weighted by Gasteiger charge is 2.17. The lowest BCUT2D eigenvalue weighted by molar-refractivity contribution is 0.0752. The lowest BCUT2D eigenvalue weighted by Gasteiger charge is -2.25. The lowest BCUT2D eigenvalue weighted by Crippen LogP contribution is -2.35. The van der Waals surface area contributed by atoms with Gasteiger partial charge in [-0.2, -0.15) is 0 Å². The molecule has 25 heavy (non-hydrogen) atoms. The molecule has 0 aliphatic heterocycles. The van der Waals surface area contributed by atoms with E-state index in [0.29, 0.717) is 12.5 Å². The first kappa shape index (κ1) is 19.0. The van der Waals surface area contributed by atoms with E-state index in [-0.39, 0.29) is 5.91 Å². The van der Waals surface area contributed by atoms with Gasteiger partial charge in [-0.05, 0) is 42.5 Å². The van der Waals surface area contributed by atoms with Gasteiger partial charge in [0.15, 0.2) is 0 Å². The summed E-state index contributed by atoms with van der Waals surface area (Å²) in [6.07, 6.45) is 3.14. The van der Waals surface area contributed by atoms with Gasteiger partial charge < -0.3 is 4.90 Å². The van der Waals surface area contributed by atoms with Gasteiger partial charge in [0.05, 0.1) is 0 Å². The molecule has 0 aliphatic carbocycles. The molecule has 0 heterocycles. The van der Waals surface area contributed by atoms with E-state index in [1.807, 2.05) is 47.4 Å². The number of carbonyl (C=O) groups is 1. The predicted octanol–water partition coefficient (Wildman–Crippen LogP) is 5.45. The third-order valence-electron chi connectivity index (χ3n) is 4.13. The fraction of sp³-hybridized carbons (Fsp3) is 0.348. The van der Waals surface area contributed by atoms with Crippen LogP contribution >= 0.6 is 0 Å². The maximum Gasteiger partial charge on any atom is 0.254 e. The summed E-state index contributed by atoms with van der Waals surface area (Å²) in [4.78, 5) is 14.9. The third kappa shape index (κ3) is 5.90. The highest BCUT2D eigenvalue weighted by Crippen LogP contribution is 2.14. The molecule has 1 amide bonds. The number of hydrogen-bond donors (Lipinski definition) is 0. The average molecular weight is 335 g/mol. The van der Waals surface area contributed by atoms with Crippen molar-refractivity contribution in [3.8, 4) is 0 Å². The number of rotatable bonds is 7. The zero-order valence-corrected chi connectivity index (χ0v) is 15.8. The van der Waals surface area contributed by atoms with Gasteiger partial charge in [0, 0.05) is 18.7 Å². The minimum Gasteiger partial charge on any atom is -0.334 e. The van der Waals surface area contributed by atoms with E-state index in [4.69, 9.17) is 0 Å². The first-order valence-electron chi connectivity index (χ1n) is 9.10. The third-order valence-corrected chi connectivity index (χ3v) is 4.13. The van der Waals surface area contributed by atoms with Gasteiger partial charge in [0.1, 0.15) is 0 Å². The van der Waals surface area contributed by atoms with Crippen molar-refractivity contribution < 1.29 is 4.79 Å². The molecular formula is C23H29NO. The monoisotopic (exact) mass is 335 g/mol. The van der Waals surface area contributed by atoms with Crippen molar-refractivity contribution in [3.05, 3.63) is 76.9 Å². The molecule has 2 heteroatoms. The Kier molecular flexibility index (Phi) is 7.00. The van der Waals surface area contributed by atoms with Crippen molar-refractivity contribution in [2.24, 2.45) is 5.92 Å². The van der Waals surface area contributed by atoms with E-state index in [9.17, 15) is 4.79 Å². The minimum atomic E-state index is 0.108. The highest BCUT2D eigenvalue weighted by atomic mass is 16.2. The molecule has 0 bridgehead atoms. The Morgan fingerprint density at radius 1 is 1.04 bits per heavy atom. The van der Waals surface area contributed by atoms with Gasteiger partial charge in [-0.3, -0.25) is 4.79 Å². The van der Waals surface area contributed by atoms with Crippen LogP contribution in [0.5, 0.6) is 0 Å². The predicted molar refractivity (Wildman–Crippen MR) is 107 cm³/mol. The van der Waals surface area contributed by atoms with Crippen LogP contribution in [0, 0.1) is 5.92 Å². The van der Waals surface area contributed by atoms with Crippen LogP contribution in [0.25, 0.3) is 6.08 Å². The summed E-state index contributed by atoms with van der Waals surface area (Å²) >= 11 is 0. The van der Waals surface area contributed by atoms with Gasteiger partial charge in [0.25, 0.3) is 5.91 Å². The van der Waals surface area contributed by atoms with E-state index >= 15 is 0 Å². The van der Waals surface area contributed by atoms with E-state index in [2.05, 4.69) is 45.9 Å². The standard InChI is InChI=1S/C23H29NO/c1-5-20-11-13-22(14-12-20)23(25)24(16-18(2)3)17-19(4)15-21-9-7-6-8-10-21/h6-15,18H,5,16-17H2,1-4H3/b19-15+. The second kappa shape index (κ2) is 9.22. The summed E-state index contributed by atoms with van der Waals surface area (Å²) in [5.74, 6) is 0.542. The van der Waals surface area contributed by atoms with Crippen LogP contribution in [-0.2, 0) is 6.42 Å². The Hall–Kier alpha value is -2.35. The molecule has 0 unspecified atom stereocenters. The van der Waals surface area contributed by atoms with Gasteiger partial charge in [0.2, 0.25) is 0 Å².